The monoisotopic (exact) mass is 420 g/mol. The highest BCUT2D eigenvalue weighted by Crippen LogP contribution is 2.36. The summed E-state index contributed by atoms with van der Waals surface area (Å²) in [6.45, 7) is 1.31. The molecule has 8 nitrogen and oxygen atoms in total. The van der Waals surface area contributed by atoms with Crippen molar-refractivity contribution in [2.24, 2.45) is 11.8 Å². The number of amides is 2. The molecule has 2 amide bonds. The number of carbonyl (C=O) groups excluding carboxylic acids is 3. The Balaban J connectivity index is 1.67. The van der Waals surface area contributed by atoms with Crippen LogP contribution in [-0.4, -0.2) is 55.5 Å². The second kappa shape index (κ2) is 8.08. The van der Waals surface area contributed by atoms with Crippen molar-refractivity contribution in [3.63, 3.8) is 0 Å². The number of likely N-dealkylation sites (tertiary alicyclic amines) is 1. The molecule has 3 rings (SSSR count). The van der Waals surface area contributed by atoms with Crippen LogP contribution < -0.4 is 0 Å². The third kappa shape index (κ3) is 3.97. The summed E-state index contributed by atoms with van der Waals surface area (Å²) < 4.78 is 30.8. The number of rotatable bonds is 6. The van der Waals surface area contributed by atoms with Gasteiger partial charge in [-0.15, -0.1) is 0 Å². The second-order valence-corrected chi connectivity index (χ2v) is 9.57. The van der Waals surface area contributed by atoms with Gasteiger partial charge in [0.25, 0.3) is 0 Å². The van der Waals surface area contributed by atoms with Gasteiger partial charge in [-0.05, 0) is 37.5 Å². The van der Waals surface area contributed by atoms with Crippen LogP contribution in [0.25, 0.3) is 0 Å². The summed E-state index contributed by atoms with van der Waals surface area (Å²) in [5, 5.41) is 0. The summed E-state index contributed by atoms with van der Waals surface area (Å²) in [5.41, 5.74) is 0.491. The van der Waals surface area contributed by atoms with Gasteiger partial charge < -0.3 is 4.74 Å². The van der Waals surface area contributed by atoms with Crippen molar-refractivity contribution in [1.82, 2.24) is 9.21 Å². The first-order chi connectivity index (χ1) is 13.6. The van der Waals surface area contributed by atoms with Crippen LogP contribution in [0.5, 0.6) is 0 Å². The van der Waals surface area contributed by atoms with Gasteiger partial charge in [0.05, 0.1) is 16.7 Å². The Labute approximate surface area is 170 Å². The number of allylic oxidation sites excluding steroid dienone is 2. The van der Waals surface area contributed by atoms with Gasteiger partial charge >= 0.3 is 5.97 Å². The highest BCUT2D eigenvalue weighted by Gasteiger charge is 2.50. The lowest BCUT2D eigenvalue weighted by Crippen LogP contribution is -2.44. The Morgan fingerprint density at radius 3 is 2.31 bits per heavy atom. The van der Waals surface area contributed by atoms with E-state index in [2.05, 4.69) is 0 Å². The van der Waals surface area contributed by atoms with Crippen LogP contribution in [0, 0.1) is 11.8 Å². The summed E-state index contributed by atoms with van der Waals surface area (Å²) in [5.74, 6) is -2.20. The zero-order valence-corrected chi connectivity index (χ0v) is 17.4. The van der Waals surface area contributed by atoms with Crippen LogP contribution in [0.15, 0.2) is 41.3 Å². The van der Waals surface area contributed by atoms with E-state index < -0.39 is 33.9 Å². The molecule has 1 aromatic rings. The molecule has 9 heteroatoms. The van der Waals surface area contributed by atoms with Crippen molar-refractivity contribution in [3.8, 4) is 0 Å². The number of sulfonamides is 1. The highest BCUT2D eigenvalue weighted by atomic mass is 32.2. The molecule has 0 unspecified atom stereocenters. The van der Waals surface area contributed by atoms with Crippen molar-refractivity contribution in [3.05, 3.63) is 42.0 Å². The van der Waals surface area contributed by atoms with E-state index in [-0.39, 0.29) is 23.3 Å². The molecule has 1 aromatic carbocycles. The second-order valence-electron chi connectivity index (χ2n) is 7.42. The van der Waals surface area contributed by atoms with Crippen molar-refractivity contribution in [2.75, 3.05) is 14.1 Å². The van der Waals surface area contributed by atoms with Gasteiger partial charge in [-0.1, -0.05) is 24.3 Å². The Bertz CT molecular complexity index is 943. The van der Waals surface area contributed by atoms with Crippen molar-refractivity contribution in [1.29, 1.82) is 0 Å². The minimum atomic E-state index is -3.60. The molecule has 1 saturated heterocycles. The minimum Gasteiger partial charge on any atom is -0.459 e. The maximum atomic E-state index is 12.6. The molecule has 0 radical (unpaired) electrons. The van der Waals surface area contributed by atoms with E-state index in [1.54, 1.807) is 12.1 Å². The molecule has 0 bridgehead atoms. The molecule has 0 aromatic heterocycles. The number of esters is 1. The SMILES string of the molecule is C[C@@H](C(=O)OCc1cccc(S(=O)(=O)N(C)C)c1)N1C(=O)[C@H]2CC=CC[C@H]2C1=O. The standard InChI is InChI=1S/C20H24N2O6S/c1-13(22-18(23)16-9-4-5-10-17(16)19(22)24)20(25)28-12-14-7-6-8-15(11-14)29(26,27)21(2)3/h4-8,11,13,16-17H,9-10,12H2,1-3H3/t13-,16-,17+/m0/s1. The Morgan fingerprint density at radius 2 is 1.76 bits per heavy atom. The van der Waals surface area contributed by atoms with Gasteiger partial charge in [-0.3, -0.25) is 14.5 Å². The third-order valence-electron chi connectivity index (χ3n) is 5.33. The fourth-order valence-electron chi connectivity index (χ4n) is 3.59. The van der Waals surface area contributed by atoms with E-state index in [0.29, 0.717) is 18.4 Å². The molecule has 0 N–H and O–H groups in total. The molecule has 1 aliphatic carbocycles. The third-order valence-corrected chi connectivity index (χ3v) is 7.14. The molecule has 29 heavy (non-hydrogen) atoms. The fraction of sp³-hybridized carbons (Fsp3) is 0.450. The van der Waals surface area contributed by atoms with Crippen LogP contribution in [0.1, 0.15) is 25.3 Å². The quantitative estimate of drug-likeness (QED) is 0.391. The lowest BCUT2D eigenvalue weighted by Gasteiger charge is -2.21. The van der Waals surface area contributed by atoms with Crippen LogP contribution in [0.2, 0.25) is 0 Å². The number of hydrogen-bond acceptors (Lipinski definition) is 6. The number of hydrogen-bond donors (Lipinski definition) is 0. The summed E-state index contributed by atoms with van der Waals surface area (Å²) >= 11 is 0. The highest BCUT2D eigenvalue weighted by molar-refractivity contribution is 7.89. The van der Waals surface area contributed by atoms with E-state index in [0.717, 1.165) is 9.21 Å². The van der Waals surface area contributed by atoms with Crippen LogP contribution >= 0.6 is 0 Å². The first-order valence-corrected chi connectivity index (χ1v) is 10.8. The van der Waals surface area contributed by atoms with Crippen molar-refractivity contribution in [2.45, 2.75) is 37.3 Å². The first kappa shape index (κ1) is 21.2. The molecular weight excluding hydrogens is 396 g/mol. The summed E-state index contributed by atoms with van der Waals surface area (Å²) in [4.78, 5) is 38.7. The normalized spacial score (nSPS) is 22.7. The number of imide groups is 1. The lowest BCUT2D eigenvalue weighted by molar-refractivity contribution is -0.159. The molecule has 2 aliphatic rings. The van der Waals surface area contributed by atoms with Gasteiger partial charge in [-0.25, -0.2) is 17.5 Å². The zero-order valence-electron chi connectivity index (χ0n) is 16.6. The van der Waals surface area contributed by atoms with E-state index in [9.17, 15) is 22.8 Å². The topological polar surface area (TPSA) is 101 Å². The summed E-state index contributed by atoms with van der Waals surface area (Å²) in [6.07, 6.45) is 4.77. The smallest absolute Gasteiger partial charge is 0.329 e. The molecule has 1 aliphatic heterocycles. The van der Waals surface area contributed by atoms with E-state index >= 15 is 0 Å². The van der Waals surface area contributed by atoms with Gasteiger partial charge in [0.15, 0.2) is 0 Å². The Hall–Kier alpha value is -2.52. The minimum absolute atomic E-state index is 0.0885. The zero-order chi connectivity index (χ0) is 21.3. The van der Waals surface area contributed by atoms with Crippen LogP contribution in [0.4, 0.5) is 0 Å². The fourth-order valence-corrected chi connectivity index (χ4v) is 4.57. The molecule has 156 valence electrons. The number of benzene rings is 1. The largest absolute Gasteiger partial charge is 0.459 e. The van der Waals surface area contributed by atoms with Crippen molar-refractivity contribution >= 4 is 27.8 Å². The summed E-state index contributed by atoms with van der Waals surface area (Å²) in [6, 6.07) is 5.06. The average Bonchev–Trinajstić information content (AvgIpc) is 2.96. The van der Waals surface area contributed by atoms with E-state index in [1.165, 1.54) is 33.2 Å². The Kier molecular flexibility index (Phi) is 5.90. The summed E-state index contributed by atoms with van der Waals surface area (Å²) in [7, 11) is -0.742. The van der Waals surface area contributed by atoms with Gasteiger partial charge in [0.1, 0.15) is 12.6 Å². The number of nitrogens with zero attached hydrogens (tertiary/aromatic N) is 2. The maximum absolute atomic E-state index is 12.6. The molecule has 0 spiro atoms. The molecular formula is C20H24N2O6S. The first-order valence-electron chi connectivity index (χ1n) is 9.34. The van der Waals surface area contributed by atoms with E-state index in [4.69, 9.17) is 4.74 Å². The average molecular weight is 420 g/mol. The van der Waals surface area contributed by atoms with Crippen molar-refractivity contribution < 1.29 is 27.5 Å². The van der Waals surface area contributed by atoms with Gasteiger partial charge in [-0.2, -0.15) is 0 Å². The lowest BCUT2D eigenvalue weighted by atomic mass is 9.85. The van der Waals surface area contributed by atoms with Crippen LogP contribution in [-0.2, 0) is 35.8 Å². The van der Waals surface area contributed by atoms with Crippen LogP contribution in [0.3, 0.4) is 0 Å². The predicted molar refractivity (Wildman–Crippen MR) is 104 cm³/mol. The number of fused-ring (bicyclic) bond motifs is 1. The molecule has 1 fully saturated rings. The molecule has 0 saturated carbocycles. The van der Waals surface area contributed by atoms with E-state index in [1.807, 2.05) is 12.2 Å². The van der Waals surface area contributed by atoms with Gasteiger partial charge in [0.2, 0.25) is 21.8 Å². The van der Waals surface area contributed by atoms with Gasteiger partial charge in [0, 0.05) is 14.1 Å². The number of carbonyl (C=O) groups is 3. The molecule has 1 heterocycles. The number of ether oxygens (including phenoxy) is 1. The predicted octanol–water partition coefficient (Wildman–Crippen LogP) is 1.32. The Morgan fingerprint density at radius 1 is 1.17 bits per heavy atom. The molecule has 3 atom stereocenters. The maximum Gasteiger partial charge on any atom is 0.329 e.